The maximum absolute atomic E-state index is 14.9. The van der Waals surface area contributed by atoms with Crippen molar-refractivity contribution in [2.75, 3.05) is 6.54 Å². The third-order valence-electron chi connectivity index (χ3n) is 9.39. The second kappa shape index (κ2) is 12.6. The predicted octanol–water partition coefficient (Wildman–Crippen LogP) is 5.37. The molecule has 3 N–H and O–H groups in total. The summed E-state index contributed by atoms with van der Waals surface area (Å²) in [5.74, 6) is -1.70. The standard InChI is InChI=1S/C34H39F2N3O4/c35-24-17-26-29(19-34(14-6-7-15-34)43-32(26)27(36)18-24)37-20-30(40)28(16-22-8-2-1-3-9-22)38-33(42)23-12-13-31(41)39(21-23)25-10-4-5-11-25/h1-3,8-9,12-13,17-18,21,25,28-30,37,40H,4-7,10-11,14-16,19-20H2,(H,38,42)/t28-,29-,30+/m0/s1. The Labute approximate surface area is 250 Å². The fourth-order valence-electron chi connectivity index (χ4n) is 7.11. The molecular formula is C34H39F2N3O4. The summed E-state index contributed by atoms with van der Waals surface area (Å²) in [4.78, 5) is 26.0. The van der Waals surface area contributed by atoms with Gasteiger partial charge in [0.2, 0.25) is 0 Å². The van der Waals surface area contributed by atoms with Gasteiger partial charge in [0.25, 0.3) is 11.5 Å². The number of halogens is 2. The molecule has 2 heterocycles. The van der Waals surface area contributed by atoms with E-state index in [4.69, 9.17) is 4.74 Å². The van der Waals surface area contributed by atoms with E-state index >= 15 is 0 Å². The van der Waals surface area contributed by atoms with E-state index in [2.05, 4.69) is 10.6 Å². The number of nitrogens with zero attached hydrogens (tertiary/aromatic N) is 1. The van der Waals surface area contributed by atoms with Crippen LogP contribution in [0.15, 0.2) is 65.6 Å². The van der Waals surface area contributed by atoms with Crippen LogP contribution in [0.5, 0.6) is 5.75 Å². The number of fused-ring (bicyclic) bond motifs is 1. The molecule has 0 radical (unpaired) electrons. The zero-order chi connectivity index (χ0) is 30.0. The molecule has 2 saturated carbocycles. The molecule has 1 aliphatic heterocycles. The minimum Gasteiger partial charge on any atom is -0.484 e. The van der Waals surface area contributed by atoms with Crippen molar-refractivity contribution in [1.82, 2.24) is 15.2 Å². The quantitative estimate of drug-likeness (QED) is 0.311. The lowest BCUT2D eigenvalue weighted by Crippen LogP contribution is -2.50. The van der Waals surface area contributed by atoms with Crippen molar-refractivity contribution in [2.24, 2.45) is 0 Å². The topological polar surface area (TPSA) is 92.6 Å². The summed E-state index contributed by atoms with van der Waals surface area (Å²) in [6, 6.07) is 13.7. The lowest BCUT2D eigenvalue weighted by molar-refractivity contribution is 0.0282. The maximum atomic E-state index is 14.9. The van der Waals surface area contributed by atoms with Crippen molar-refractivity contribution in [2.45, 2.75) is 94.0 Å². The van der Waals surface area contributed by atoms with Gasteiger partial charge in [-0.2, -0.15) is 0 Å². The number of pyridine rings is 1. The molecule has 0 saturated heterocycles. The molecule has 3 aliphatic rings. The number of ether oxygens (including phenoxy) is 1. The third-order valence-corrected chi connectivity index (χ3v) is 9.39. The average Bonchev–Trinajstić information content (AvgIpc) is 3.70. The van der Waals surface area contributed by atoms with Gasteiger partial charge in [0.15, 0.2) is 11.6 Å². The van der Waals surface area contributed by atoms with E-state index in [-0.39, 0.29) is 29.8 Å². The Kier molecular flexibility index (Phi) is 8.63. The van der Waals surface area contributed by atoms with E-state index in [1.54, 1.807) is 10.8 Å². The molecule has 0 bridgehead atoms. The second-order valence-corrected chi connectivity index (χ2v) is 12.4. The van der Waals surface area contributed by atoms with Gasteiger partial charge in [0, 0.05) is 48.9 Å². The van der Waals surface area contributed by atoms with Crippen LogP contribution in [0.2, 0.25) is 0 Å². The Morgan fingerprint density at radius 2 is 1.79 bits per heavy atom. The minimum atomic E-state index is -1.02. The minimum absolute atomic E-state index is 0.0769. The predicted molar refractivity (Wildman–Crippen MR) is 159 cm³/mol. The summed E-state index contributed by atoms with van der Waals surface area (Å²) in [6.45, 7) is 0.0810. The van der Waals surface area contributed by atoms with Crippen LogP contribution in [-0.4, -0.2) is 39.9 Å². The van der Waals surface area contributed by atoms with Gasteiger partial charge < -0.3 is 25.0 Å². The van der Waals surface area contributed by atoms with Gasteiger partial charge in [0.1, 0.15) is 11.4 Å². The molecule has 6 rings (SSSR count). The highest BCUT2D eigenvalue weighted by Crippen LogP contribution is 2.48. The summed E-state index contributed by atoms with van der Waals surface area (Å²) >= 11 is 0. The van der Waals surface area contributed by atoms with Crippen LogP contribution >= 0.6 is 0 Å². The monoisotopic (exact) mass is 591 g/mol. The van der Waals surface area contributed by atoms with Crippen LogP contribution in [0.25, 0.3) is 0 Å². The molecule has 43 heavy (non-hydrogen) atoms. The molecule has 3 atom stereocenters. The third kappa shape index (κ3) is 6.53. The van der Waals surface area contributed by atoms with Crippen LogP contribution in [-0.2, 0) is 6.42 Å². The van der Waals surface area contributed by atoms with Crippen LogP contribution in [0.3, 0.4) is 0 Å². The Hall–Kier alpha value is -3.56. The van der Waals surface area contributed by atoms with E-state index in [0.717, 1.165) is 63.0 Å². The average molecular weight is 592 g/mol. The fourth-order valence-corrected chi connectivity index (χ4v) is 7.11. The highest BCUT2D eigenvalue weighted by Gasteiger charge is 2.44. The number of aliphatic hydroxyl groups is 1. The number of carbonyl (C=O) groups excluding carboxylic acids is 1. The van der Waals surface area contributed by atoms with E-state index in [9.17, 15) is 23.5 Å². The van der Waals surface area contributed by atoms with Crippen molar-refractivity contribution < 1.29 is 23.4 Å². The Balaban J connectivity index is 1.21. The van der Waals surface area contributed by atoms with Crippen molar-refractivity contribution in [3.05, 3.63) is 99.5 Å². The normalized spacial score (nSPS) is 20.9. The van der Waals surface area contributed by atoms with Gasteiger partial charge in [-0.25, -0.2) is 8.78 Å². The molecule has 0 unspecified atom stereocenters. The summed E-state index contributed by atoms with van der Waals surface area (Å²) in [7, 11) is 0. The molecule has 9 heteroatoms. The first-order chi connectivity index (χ1) is 20.8. The number of hydrogen-bond acceptors (Lipinski definition) is 5. The first-order valence-corrected chi connectivity index (χ1v) is 15.5. The molecule has 1 spiro atoms. The Morgan fingerprint density at radius 3 is 2.53 bits per heavy atom. The summed E-state index contributed by atoms with van der Waals surface area (Å²) in [6.07, 6.45) is 9.00. The molecule has 2 fully saturated rings. The van der Waals surface area contributed by atoms with Gasteiger partial charge in [0.05, 0.1) is 17.7 Å². The maximum Gasteiger partial charge on any atom is 0.253 e. The van der Waals surface area contributed by atoms with Gasteiger partial charge in [-0.1, -0.05) is 43.2 Å². The van der Waals surface area contributed by atoms with Crippen LogP contribution in [0, 0.1) is 11.6 Å². The smallest absolute Gasteiger partial charge is 0.253 e. The number of aliphatic hydroxyl groups excluding tert-OH is 1. The van der Waals surface area contributed by atoms with Gasteiger partial charge in [-0.3, -0.25) is 9.59 Å². The SMILES string of the molecule is O=C(N[C@@H](Cc1ccccc1)[C@H](O)CN[C@H]1CC2(CCCC2)Oc2c(F)cc(F)cc21)c1ccc(=O)n(C2CCCC2)c1. The number of benzene rings is 2. The Bertz CT molecular complexity index is 1500. The number of carbonyl (C=O) groups is 1. The summed E-state index contributed by atoms with van der Waals surface area (Å²) in [5.41, 5.74) is 1.05. The zero-order valence-corrected chi connectivity index (χ0v) is 24.2. The van der Waals surface area contributed by atoms with Crippen LogP contribution < -0.4 is 20.9 Å². The lowest BCUT2D eigenvalue weighted by atomic mass is 9.85. The van der Waals surface area contributed by atoms with Crippen molar-refractivity contribution in [3.63, 3.8) is 0 Å². The van der Waals surface area contributed by atoms with Gasteiger partial charge >= 0.3 is 0 Å². The van der Waals surface area contributed by atoms with Gasteiger partial charge in [-0.15, -0.1) is 0 Å². The molecule has 1 amide bonds. The molecular weight excluding hydrogens is 552 g/mol. The number of aromatic nitrogens is 1. The molecule has 3 aromatic rings. The van der Waals surface area contributed by atoms with Gasteiger partial charge in [-0.05, 0) is 62.6 Å². The number of nitrogens with one attached hydrogen (secondary N) is 2. The molecule has 2 aromatic carbocycles. The van der Waals surface area contributed by atoms with Crippen molar-refractivity contribution >= 4 is 5.91 Å². The number of hydrogen-bond donors (Lipinski definition) is 3. The molecule has 7 nitrogen and oxygen atoms in total. The first-order valence-electron chi connectivity index (χ1n) is 15.5. The first kappa shape index (κ1) is 29.5. The van der Waals surface area contributed by atoms with Crippen LogP contribution in [0.1, 0.15) is 91.4 Å². The number of rotatable bonds is 9. The Morgan fingerprint density at radius 1 is 1.05 bits per heavy atom. The van der Waals surface area contributed by atoms with E-state index in [1.807, 2.05) is 30.3 Å². The largest absolute Gasteiger partial charge is 0.484 e. The van der Waals surface area contributed by atoms with E-state index in [0.29, 0.717) is 24.0 Å². The fraction of sp³-hybridized carbons (Fsp3) is 0.471. The molecule has 228 valence electrons. The van der Waals surface area contributed by atoms with E-state index in [1.165, 1.54) is 18.2 Å². The van der Waals surface area contributed by atoms with Crippen molar-refractivity contribution in [3.8, 4) is 5.75 Å². The van der Waals surface area contributed by atoms with E-state index < -0.39 is 35.4 Å². The summed E-state index contributed by atoms with van der Waals surface area (Å²) in [5, 5.41) is 17.8. The highest BCUT2D eigenvalue weighted by molar-refractivity contribution is 5.94. The van der Waals surface area contributed by atoms with Crippen molar-refractivity contribution in [1.29, 1.82) is 0 Å². The lowest BCUT2D eigenvalue weighted by Gasteiger charge is -2.41. The molecule has 2 aliphatic carbocycles. The zero-order valence-electron chi connectivity index (χ0n) is 24.2. The summed E-state index contributed by atoms with van der Waals surface area (Å²) < 4.78 is 37.0. The molecule has 1 aromatic heterocycles. The number of amides is 1. The highest BCUT2D eigenvalue weighted by atomic mass is 19.1. The second-order valence-electron chi connectivity index (χ2n) is 12.4. The van der Waals surface area contributed by atoms with Crippen LogP contribution in [0.4, 0.5) is 8.78 Å².